The van der Waals surface area contributed by atoms with E-state index >= 15 is 0 Å². The fraction of sp³-hybridized carbons (Fsp3) is 0.429. The van der Waals surface area contributed by atoms with Gasteiger partial charge in [0, 0.05) is 25.6 Å². The summed E-state index contributed by atoms with van der Waals surface area (Å²) in [6.45, 7) is 1.01. The molecule has 2 amide bonds. The summed E-state index contributed by atoms with van der Waals surface area (Å²) in [7, 11) is 0. The van der Waals surface area contributed by atoms with Gasteiger partial charge in [0.25, 0.3) is 0 Å². The van der Waals surface area contributed by atoms with Crippen LogP contribution in [0.3, 0.4) is 0 Å². The van der Waals surface area contributed by atoms with Crippen LogP contribution in [-0.4, -0.2) is 31.4 Å². The van der Waals surface area contributed by atoms with Gasteiger partial charge >= 0.3 is 0 Å². The Bertz CT molecular complexity index is 551. The SMILES string of the molecule is NCCCNC(=O)C1CC(=O)N(c2ccc(F)cc2F)C1. The first-order valence-corrected chi connectivity index (χ1v) is 6.76. The number of carbonyl (C=O) groups excluding carboxylic acids is 2. The molecule has 1 atom stereocenters. The summed E-state index contributed by atoms with van der Waals surface area (Å²) in [4.78, 5) is 25.0. The highest BCUT2D eigenvalue weighted by Gasteiger charge is 2.36. The number of anilines is 1. The average Bonchev–Trinajstić information content (AvgIpc) is 2.81. The quantitative estimate of drug-likeness (QED) is 0.789. The molecule has 0 saturated carbocycles. The maximum Gasteiger partial charge on any atom is 0.227 e. The van der Waals surface area contributed by atoms with E-state index in [0.717, 1.165) is 12.1 Å². The molecule has 21 heavy (non-hydrogen) atoms. The van der Waals surface area contributed by atoms with Crippen LogP contribution in [0.25, 0.3) is 0 Å². The molecule has 0 aromatic heterocycles. The summed E-state index contributed by atoms with van der Waals surface area (Å²) in [5.74, 6) is -2.65. The zero-order valence-corrected chi connectivity index (χ0v) is 11.4. The maximum atomic E-state index is 13.7. The van der Waals surface area contributed by atoms with E-state index in [9.17, 15) is 18.4 Å². The molecule has 1 aliphatic rings. The van der Waals surface area contributed by atoms with Gasteiger partial charge in [-0.1, -0.05) is 0 Å². The molecular formula is C14H17F2N3O2. The predicted molar refractivity (Wildman–Crippen MR) is 73.5 cm³/mol. The Morgan fingerprint density at radius 2 is 2.19 bits per heavy atom. The maximum absolute atomic E-state index is 13.7. The van der Waals surface area contributed by atoms with Crippen molar-refractivity contribution in [3.8, 4) is 0 Å². The van der Waals surface area contributed by atoms with Crippen LogP contribution in [0.1, 0.15) is 12.8 Å². The first-order chi connectivity index (χ1) is 10.0. The Labute approximate surface area is 121 Å². The third-order valence-electron chi connectivity index (χ3n) is 3.38. The van der Waals surface area contributed by atoms with Crippen molar-refractivity contribution in [3.05, 3.63) is 29.8 Å². The van der Waals surface area contributed by atoms with Gasteiger partial charge in [0.2, 0.25) is 11.8 Å². The second-order valence-corrected chi connectivity index (χ2v) is 4.93. The fourth-order valence-corrected chi connectivity index (χ4v) is 2.27. The molecule has 3 N–H and O–H groups in total. The third kappa shape index (κ3) is 3.55. The van der Waals surface area contributed by atoms with Gasteiger partial charge in [0.1, 0.15) is 11.6 Å². The lowest BCUT2D eigenvalue weighted by Gasteiger charge is -2.17. The minimum absolute atomic E-state index is 0.00124. The Morgan fingerprint density at radius 3 is 2.86 bits per heavy atom. The minimum atomic E-state index is -0.812. The highest BCUT2D eigenvalue weighted by molar-refractivity contribution is 6.00. The number of carbonyl (C=O) groups is 2. The van der Waals surface area contributed by atoms with Crippen LogP contribution >= 0.6 is 0 Å². The summed E-state index contributed by atoms with van der Waals surface area (Å²) < 4.78 is 26.6. The van der Waals surface area contributed by atoms with Gasteiger partial charge in [-0.15, -0.1) is 0 Å². The van der Waals surface area contributed by atoms with Gasteiger partial charge in [0.15, 0.2) is 0 Å². The third-order valence-corrected chi connectivity index (χ3v) is 3.38. The van der Waals surface area contributed by atoms with Crippen molar-refractivity contribution in [1.82, 2.24) is 5.32 Å². The number of hydrogen-bond acceptors (Lipinski definition) is 3. The number of hydrogen-bond donors (Lipinski definition) is 2. The smallest absolute Gasteiger partial charge is 0.227 e. The van der Waals surface area contributed by atoms with Crippen LogP contribution in [0.15, 0.2) is 18.2 Å². The van der Waals surface area contributed by atoms with E-state index in [4.69, 9.17) is 5.73 Å². The van der Waals surface area contributed by atoms with Crippen molar-refractivity contribution < 1.29 is 18.4 Å². The zero-order chi connectivity index (χ0) is 15.4. The molecule has 5 nitrogen and oxygen atoms in total. The highest BCUT2D eigenvalue weighted by atomic mass is 19.1. The van der Waals surface area contributed by atoms with Crippen molar-refractivity contribution in [2.45, 2.75) is 12.8 Å². The average molecular weight is 297 g/mol. The summed E-state index contributed by atoms with van der Waals surface area (Å²) >= 11 is 0. The van der Waals surface area contributed by atoms with Crippen molar-refractivity contribution in [1.29, 1.82) is 0 Å². The number of nitrogens with one attached hydrogen (secondary N) is 1. The standard InChI is InChI=1S/C14H17F2N3O2/c15-10-2-3-12(11(16)7-10)19-8-9(6-13(19)20)14(21)18-5-1-4-17/h2-3,7,9H,1,4-6,8,17H2,(H,18,21). The number of nitrogens with two attached hydrogens (primary N) is 1. The largest absolute Gasteiger partial charge is 0.356 e. The van der Waals surface area contributed by atoms with E-state index in [0.29, 0.717) is 19.5 Å². The lowest BCUT2D eigenvalue weighted by molar-refractivity contribution is -0.126. The Morgan fingerprint density at radius 1 is 1.43 bits per heavy atom. The second-order valence-electron chi connectivity index (χ2n) is 4.93. The summed E-state index contributed by atoms with van der Waals surface area (Å²) in [6.07, 6.45) is 0.675. The van der Waals surface area contributed by atoms with Gasteiger partial charge in [-0.2, -0.15) is 0 Å². The molecule has 0 aliphatic carbocycles. The Hall–Kier alpha value is -2.02. The number of amides is 2. The molecule has 1 aromatic rings. The molecule has 0 spiro atoms. The van der Waals surface area contributed by atoms with Crippen molar-refractivity contribution in [2.75, 3.05) is 24.5 Å². The number of nitrogens with zero attached hydrogens (tertiary/aromatic N) is 1. The zero-order valence-electron chi connectivity index (χ0n) is 11.4. The van der Waals surface area contributed by atoms with E-state index in [2.05, 4.69) is 5.32 Å². The number of halogens is 2. The molecule has 0 bridgehead atoms. The highest BCUT2D eigenvalue weighted by Crippen LogP contribution is 2.27. The van der Waals surface area contributed by atoms with Gasteiger partial charge in [-0.3, -0.25) is 9.59 Å². The number of rotatable bonds is 5. The fourth-order valence-electron chi connectivity index (χ4n) is 2.27. The molecule has 1 aromatic carbocycles. The van der Waals surface area contributed by atoms with E-state index in [1.54, 1.807) is 0 Å². The Kier molecular flexibility index (Phi) is 4.85. The topological polar surface area (TPSA) is 75.4 Å². The summed E-state index contributed by atoms with van der Waals surface area (Å²) in [5.41, 5.74) is 5.33. The lowest BCUT2D eigenvalue weighted by Crippen LogP contribution is -2.34. The van der Waals surface area contributed by atoms with Gasteiger partial charge < -0.3 is 16.0 Å². The molecule has 0 radical (unpaired) electrons. The first kappa shape index (κ1) is 15.4. The lowest BCUT2D eigenvalue weighted by atomic mass is 10.1. The predicted octanol–water partition coefficient (Wildman–Crippen LogP) is 0.783. The molecule has 1 fully saturated rings. The van der Waals surface area contributed by atoms with Crippen LogP contribution in [0.5, 0.6) is 0 Å². The first-order valence-electron chi connectivity index (χ1n) is 6.76. The van der Waals surface area contributed by atoms with Crippen molar-refractivity contribution in [2.24, 2.45) is 11.7 Å². The van der Waals surface area contributed by atoms with Gasteiger partial charge in [-0.25, -0.2) is 8.78 Å². The Balaban J connectivity index is 2.04. The molecule has 1 unspecified atom stereocenters. The van der Waals surface area contributed by atoms with Crippen LogP contribution < -0.4 is 16.0 Å². The van der Waals surface area contributed by atoms with Crippen LogP contribution in [0.4, 0.5) is 14.5 Å². The minimum Gasteiger partial charge on any atom is -0.356 e. The molecule has 1 aliphatic heterocycles. The van der Waals surface area contributed by atoms with Crippen molar-refractivity contribution in [3.63, 3.8) is 0 Å². The second kappa shape index (κ2) is 6.62. The molecule has 7 heteroatoms. The molecule has 2 rings (SSSR count). The van der Waals surface area contributed by atoms with Crippen LogP contribution in [-0.2, 0) is 9.59 Å². The van der Waals surface area contributed by atoms with Crippen LogP contribution in [0, 0.1) is 17.6 Å². The van der Waals surface area contributed by atoms with E-state index < -0.39 is 17.6 Å². The summed E-state index contributed by atoms with van der Waals surface area (Å²) in [6, 6.07) is 3.01. The molecular weight excluding hydrogens is 280 g/mol. The normalized spacial score (nSPS) is 18.1. The molecule has 114 valence electrons. The van der Waals surface area contributed by atoms with Crippen LogP contribution in [0.2, 0.25) is 0 Å². The molecule has 1 heterocycles. The van der Waals surface area contributed by atoms with E-state index in [1.165, 1.54) is 11.0 Å². The van der Waals surface area contributed by atoms with Gasteiger partial charge in [-0.05, 0) is 25.1 Å². The van der Waals surface area contributed by atoms with E-state index in [-0.39, 0.29) is 30.5 Å². The summed E-state index contributed by atoms with van der Waals surface area (Å²) in [5, 5.41) is 2.69. The number of benzene rings is 1. The monoisotopic (exact) mass is 297 g/mol. The van der Waals surface area contributed by atoms with Gasteiger partial charge in [0.05, 0.1) is 11.6 Å². The van der Waals surface area contributed by atoms with E-state index in [1.807, 2.05) is 0 Å². The van der Waals surface area contributed by atoms with Crippen molar-refractivity contribution >= 4 is 17.5 Å². The molecule has 1 saturated heterocycles.